The van der Waals surface area contributed by atoms with E-state index in [0.717, 1.165) is 0 Å². The minimum absolute atomic E-state index is 0.0340. The van der Waals surface area contributed by atoms with Crippen molar-refractivity contribution < 1.29 is 9.53 Å². The number of nitriles is 1. The largest absolute Gasteiger partial charge is 0.444 e. The lowest BCUT2D eigenvalue weighted by Crippen LogP contribution is -2.34. The quantitative estimate of drug-likeness (QED) is 0.888. The number of carbonyl (C=O) groups excluding carboxylic acids is 1. The molecular formula is C17H19ClN4O2. The number of rotatable bonds is 2. The Hall–Kier alpha value is -2.26. The van der Waals surface area contributed by atoms with Crippen LogP contribution >= 0.6 is 11.6 Å². The van der Waals surface area contributed by atoms with E-state index in [0.29, 0.717) is 41.4 Å². The van der Waals surface area contributed by atoms with E-state index in [9.17, 15) is 10.1 Å². The van der Waals surface area contributed by atoms with Crippen molar-refractivity contribution in [3.63, 3.8) is 0 Å². The van der Waals surface area contributed by atoms with Gasteiger partial charge in [-0.25, -0.2) is 0 Å². The summed E-state index contributed by atoms with van der Waals surface area (Å²) in [5, 5.41) is 14.2. The SMILES string of the molecule is CCn1ncc(Cl)c1[C@@H]1C(C#N)=C(N)OC2=C1C(=O)CC(C)(C)C2. The van der Waals surface area contributed by atoms with Crippen molar-refractivity contribution in [2.24, 2.45) is 11.1 Å². The molecule has 0 aromatic carbocycles. The van der Waals surface area contributed by atoms with Crippen LogP contribution in [-0.4, -0.2) is 15.6 Å². The van der Waals surface area contributed by atoms with Gasteiger partial charge in [-0.1, -0.05) is 25.4 Å². The number of Topliss-reactive ketones (excluding diaryl/α,β-unsaturated/α-hetero) is 1. The third kappa shape index (κ3) is 2.49. The maximum absolute atomic E-state index is 12.8. The molecule has 6 nitrogen and oxygen atoms in total. The van der Waals surface area contributed by atoms with Gasteiger partial charge in [0.15, 0.2) is 5.78 Å². The molecule has 126 valence electrons. The van der Waals surface area contributed by atoms with E-state index in [4.69, 9.17) is 22.1 Å². The smallest absolute Gasteiger partial charge is 0.205 e. The van der Waals surface area contributed by atoms with Gasteiger partial charge in [-0.15, -0.1) is 0 Å². The first-order chi connectivity index (χ1) is 11.3. The summed E-state index contributed by atoms with van der Waals surface area (Å²) < 4.78 is 7.36. The molecule has 24 heavy (non-hydrogen) atoms. The number of aromatic nitrogens is 2. The van der Waals surface area contributed by atoms with E-state index in [1.807, 2.05) is 20.8 Å². The Kier molecular flexibility index (Phi) is 3.92. The van der Waals surface area contributed by atoms with Crippen LogP contribution in [0.25, 0.3) is 0 Å². The van der Waals surface area contributed by atoms with Gasteiger partial charge in [0, 0.05) is 25.0 Å². The molecule has 2 heterocycles. The van der Waals surface area contributed by atoms with Gasteiger partial charge >= 0.3 is 0 Å². The molecule has 0 unspecified atom stereocenters. The molecule has 0 saturated carbocycles. The molecule has 1 aromatic rings. The predicted molar refractivity (Wildman–Crippen MR) is 88.6 cm³/mol. The van der Waals surface area contributed by atoms with Crippen LogP contribution in [0, 0.1) is 16.7 Å². The van der Waals surface area contributed by atoms with E-state index in [1.54, 1.807) is 4.68 Å². The Morgan fingerprint density at radius 1 is 1.54 bits per heavy atom. The summed E-state index contributed by atoms with van der Waals surface area (Å²) in [5.74, 6) is -0.0898. The normalized spacial score (nSPS) is 23.0. The fourth-order valence-electron chi connectivity index (χ4n) is 3.47. The number of nitrogens with two attached hydrogens (primary N) is 1. The molecule has 0 radical (unpaired) electrons. The van der Waals surface area contributed by atoms with E-state index >= 15 is 0 Å². The van der Waals surface area contributed by atoms with Crippen molar-refractivity contribution in [3.8, 4) is 6.07 Å². The number of allylic oxidation sites excluding steroid dienone is 3. The van der Waals surface area contributed by atoms with Crippen LogP contribution in [0.3, 0.4) is 0 Å². The van der Waals surface area contributed by atoms with Crippen LogP contribution in [0.1, 0.15) is 45.2 Å². The molecule has 2 aliphatic rings. The topological polar surface area (TPSA) is 93.9 Å². The van der Waals surface area contributed by atoms with E-state index in [1.165, 1.54) is 6.20 Å². The summed E-state index contributed by atoms with van der Waals surface area (Å²) in [5.41, 5.74) is 7.08. The molecule has 0 amide bonds. The minimum Gasteiger partial charge on any atom is -0.444 e. The molecule has 0 spiro atoms. The lowest BCUT2D eigenvalue weighted by Gasteiger charge is -2.37. The van der Waals surface area contributed by atoms with Crippen molar-refractivity contribution >= 4 is 17.4 Å². The highest BCUT2D eigenvalue weighted by atomic mass is 35.5. The van der Waals surface area contributed by atoms with Gasteiger partial charge in [-0.2, -0.15) is 10.4 Å². The van der Waals surface area contributed by atoms with Crippen molar-refractivity contribution in [2.45, 2.75) is 46.1 Å². The zero-order valence-electron chi connectivity index (χ0n) is 13.9. The monoisotopic (exact) mass is 346 g/mol. The molecule has 0 bridgehead atoms. The number of halogens is 1. The van der Waals surface area contributed by atoms with Crippen molar-refractivity contribution in [1.29, 1.82) is 5.26 Å². The summed E-state index contributed by atoms with van der Waals surface area (Å²) in [7, 11) is 0. The highest BCUT2D eigenvalue weighted by Crippen LogP contribution is 2.48. The minimum atomic E-state index is -0.628. The Labute approximate surface area is 145 Å². The molecule has 1 aromatic heterocycles. The van der Waals surface area contributed by atoms with Gasteiger partial charge in [-0.3, -0.25) is 9.48 Å². The summed E-state index contributed by atoms with van der Waals surface area (Å²) in [6.07, 6.45) is 2.50. The summed E-state index contributed by atoms with van der Waals surface area (Å²) in [6, 6.07) is 2.09. The maximum Gasteiger partial charge on any atom is 0.205 e. The predicted octanol–water partition coefficient (Wildman–Crippen LogP) is 3.01. The molecule has 1 aliphatic heterocycles. The number of nitrogens with zero attached hydrogens (tertiary/aromatic N) is 3. The Morgan fingerprint density at radius 2 is 2.25 bits per heavy atom. The van der Waals surface area contributed by atoms with Crippen molar-refractivity contribution in [3.05, 3.63) is 39.7 Å². The first-order valence-corrected chi connectivity index (χ1v) is 8.22. The van der Waals surface area contributed by atoms with Gasteiger partial charge in [0.25, 0.3) is 0 Å². The Balaban J connectivity index is 2.25. The molecule has 1 atom stereocenters. The third-order valence-corrected chi connectivity index (χ3v) is 4.77. The van der Waals surface area contributed by atoms with Gasteiger partial charge in [0.05, 0.1) is 22.8 Å². The molecule has 7 heteroatoms. The average Bonchev–Trinajstić information content (AvgIpc) is 2.85. The van der Waals surface area contributed by atoms with Crippen LogP contribution in [0.15, 0.2) is 29.0 Å². The fraction of sp³-hybridized carbons (Fsp3) is 0.471. The molecule has 3 rings (SSSR count). The van der Waals surface area contributed by atoms with Crippen LogP contribution in [-0.2, 0) is 16.1 Å². The van der Waals surface area contributed by atoms with Crippen molar-refractivity contribution in [2.75, 3.05) is 0 Å². The van der Waals surface area contributed by atoms with Crippen LogP contribution in [0.5, 0.6) is 0 Å². The number of carbonyl (C=O) groups is 1. The second-order valence-corrected chi connectivity index (χ2v) is 7.30. The van der Waals surface area contributed by atoms with Gasteiger partial charge < -0.3 is 10.5 Å². The number of ketones is 1. The van der Waals surface area contributed by atoms with E-state index in [2.05, 4.69) is 11.2 Å². The summed E-state index contributed by atoms with van der Waals surface area (Å²) >= 11 is 6.33. The van der Waals surface area contributed by atoms with Crippen molar-refractivity contribution in [1.82, 2.24) is 9.78 Å². The summed E-state index contributed by atoms with van der Waals surface area (Å²) in [4.78, 5) is 12.8. The average molecular weight is 347 g/mol. The Bertz CT molecular complexity index is 826. The Morgan fingerprint density at radius 3 is 2.88 bits per heavy atom. The standard InChI is InChI=1S/C17H19ClN4O2/c1-4-22-15(10(18)8-21-22)13-9(7-19)16(20)24-12-6-17(2,3)5-11(23)14(12)13/h8,13H,4-6,20H2,1-3H3/t13-/m1/s1. The third-order valence-electron chi connectivity index (χ3n) is 4.48. The van der Waals surface area contributed by atoms with Crippen LogP contribution < -0.4 is 5.73 Å². The maximum atomic E-state index is 12.8. The lowest BCUT2D eigenvalue weighted by atomic mass is 9.71. The first kappa shape index (κ1) is 16.6. The second-order valence-electron chi connectivity index (χ2n) is 6.90. The zero-order valence-corrected chi connectivity index (χ0v) is 14.6. The molecule has 0 saturated heterocycles. The second kappa shape index (κ2) is 5.67. The highest BCUT2D eigenvalue weighted by Gasteiger charge is 2.44. The molecule has 0 fully saturated rings. The molecule has 1 aliphatic carbocycles. The fourth-order valence-corrected chi connectivity index (χ4v) is 3.72. The lowest BCUT2D eigenvalue weighted by molar-refractivity contribution is -0.119. The zero-order chi connectivity index (χ0) is 17.6. The van der Waals surface area contributed by atoms with E-state index in [-0.39, 0.29) is 22.7 Å². The van der Waals surface area contributed by atoms with Crippen LogP contribution in [0.4, 0.5) is 0 Å². The van der Waals surface area contributed by atoms with Gasteiger partial charge in [-0.05, 0) is 12.3 Å². The number of hydrogen-bond acceptors (Lipinski definition) is 5. The number of aryl methyl sites for hydroxylation is 1. The first-order valence-electron chi connectivity index (χ1n) is 7.84. The highest BCUT2D eigenvalue weighted by molar-refractivity contribution is 6.31. The van der Waals surface area contributed by atoms with E-state index < -0.39 is 5.92 Å². The molecular weight excluding hydrogens is 328 g/mol. The number of hydrogen-bond donors (Lipinski definition) is 1. The molecule has 2 N–H and O–H groups in total. The summed E-state index contributed by atoms with van der Waals surface area (Å²) in [6.45, 7) is 6.51. The van der Waals surface area contributed by atoms with Crippen LogP contribution in [0.2, 0.25) is 5.02 Å². The number of ether oxygens (including phenoxy) is 1. The van der Waals surface area contributed by atoms with Gasteiger partial charge in [0.1, 0.15) is 17.4 Å². The van der Waals surface area contributed by atoms with Gasteiger partial charge in [0.2, 0.25) is 5.88 Å².